The SMILES string of the molecule is COC(CN)CC(=O)N1CCN(CC(=O)NCc2ccccc2)CC1.Cl.Cl. The van der Waals surface area contributed by atoms with Crippen molar-refractivity contribution in [3.63, 3.8) is 0 Å². The Hall–Kier alpha value is -1.38. The van der Waals surface area contributed by atoms with Crippen molar-refractivity contribution in [3.05, 3.63) is 35.9 Å². The summed E-state index contributed by atoms with van der Waals surface area (Å²) in [4.78, 5) is 28.2. The fraction of sp³-hybridized carbons (Fsp3) is 0.556. The van der Waals surface area contributed by atoms with Gasteiger partial charge in [-0.2, -0.15) is 0 Å². The third kappa shape index (κ3) is 8.90. The maximum absolute atomic E-state index is 12.2. The molecule has 0 bridgehead atoms. The summed E-state index contributed by atoms with van der Waals surface area (Å²) in [6.07, 6.45) is 0.0826. The average molecular weight is 421 g/mol. The zero-order chi connectivity index (χ0) is 18.1. The Balaban J connectivity index is 0.00000338. The number of methoxy groups -OCH3 is 1. The van der Waals surface area contributed by atoms with Crippen LogP contribution in [-0.4, -0.2) is 74.1 Å². The minimum Gasteiger partial charge on any atom is -0.380 e. The van der Waals surface area contributed by atoms with E-state index in [0.717, 1.165) is 5.56 Å². The number of nitrogens with one attached hydrogen (secondary N) is 1. The Morgan fingerprint density at radius 1 is 1.15 bits per heavy atom. The minimum atomic E-state index is -0.228. The predicted molar refractivity (Wildman–Crippen MR) is 110 cm³/mol. The van der Waals surface area contributed by atoms with E-state index in [0.29, 0.717) is 52.2 Å². The molecule has 0 saturated carbocycles. The maximum atomic E-state index is 12.2. The van der Waals surface area contributed by atoms with Crippen molar-refractivity contribution in [3.8, 4) is 0 Å². The largest absolute Gasteiger partial charge is 0.380 e. The van der Waals surface area contributed by atoms with Crippen molar-refractivity contribution >= 4 is 36.6 Å². The molecule has 27 heavy (non-hydrogen) atoms. The van der Waals surface area contributed by atoms with Gasteiger partial charge < -0.3 is 20.7 Å². The summed E-state index contributed by atoms with van der Waals surface area (Å²) >= 11 is 0. The molecule has 1 aliphatic heterocycles. The monoisotopic (exact) mass is 420 g/mol. The summed E-state index contributed by atoms with van der Waals surface area (Å²) < 4.78 is 5.16. The van der Waals surface area contributed by atoms with Crippen LogP contribution in [0.5, 0.6) is 0 Å². The normalized spacial score (nSPS) is 15.3. The summed E-state index contributed by atoms with van der Waals surface area (Å²) in [7, 11) is 1.57. The molecule has 1 aliphatic rings. The van der Waals surface area contributed by atoms with Crippen LogP contribution in [0.1, 0.15) is 12.0 Å². The summed E-state index contributed by atoms with van der Waals surface area (Å²) in [6.45, 7) is 3.89. The smallest absolute Gasteiger partial charge is 0.234 e. The first kappa shape index (κ1) is 25.6. The minimum absolute atomic E-state index is 0. The first-order valence-corrected chi connectivity index (χ1v) is 8.66. The predicted octanol–water partition coefficient (Wildman–Crippen LogP) is 0.654. The molecular formula is C18H30Cl2N4O3. The number of piperazine rings is 1. The molecule has 1 aromatic rings. The number of halogens is 2. The molecule has 9 heteroatoms. The van der Waals surface area contributed by atoms with Gasteiger partial charge in [0.1, 0.15) is 0 Å². The van der Waals surface area contributed by atoms with Crippen molar-refractivity contribution in [1.29, 1.82) is 0 Å². The zero-order valence-corrected chi connectivity index (χ0v) is 17.3. The molecule has 1 atom stereocenters. The molecule has 0 radical (unpaired) electrons. The van der Waals surface area contributed by atoms with Crippen molar-refractivity contribution in [2.45, 2.75) is 19.1 Å². The second-order valence-corrected chi connectivity index (χ2v) is 6.22. The second kappa shape index (κ2) is 13.7. The van der Waals surface area contributed by atoms with Crippen LogP contribution in [0, 0.1) is 0 Å². The summed E-state index contributed by atoms with van der Waals surface area (Å²) in [5, 5.41) is 2.93. The topological polar surface area (TPSA) is 87.9 Å². The van der Waals surface area contributed by atoms with Crippen LogP contribution in [0.15, 0.2) is 30.3 Å². The van der Waals surface area contributed by atoms with Gasteiger partial charge in [0.05, 0.1) is 19.1 Å². The third-order valence-corrected chi connectivity index (χ3v) is 4.42. The summed E-state index contributed by atoms with van der Waals surface area (Å²) in [5.74, 6) is 0.0664. The number of nitrogens with two attached hydrogens (primary N) is 1. The highest BCUT2D eigenvalue weighted by atomic mass is 35.5. The lowest BCUT2D eigenvalue weighted by Crippen LogP contribution is -2.51. The van der Waals surface area contributed by atoms with Crippen molar-refractivity contribution < 1.29 is 14.3 Å². The van der Waals surface area contributed by atoms with E-state index in [1.165, 1.54) is 0 Å². The van der Waals surface area contributed by atoms with Gasteiger partial charge in [0.15, 0.2) is 0 Å². The molecule has 1 saturated heterocycles. The van der Waals surface area contributed by atoms with E-state index in [1.807, 2.05) is 35.2 Å². The highest BCUT2D eigenvalue weighted by molar-refractivity contribution is 5.85. The molecule has 1 aromatic carbocycles. The molecule has 2 rings (SSSR count). The molecule has 7 nitrogen and oxygen atoms in total. The van der Waals surface area contributed by atoms with E-state index in [2.05, 4.69) is 10.2 Å². The van der Waals surface area contributed by atoms with Gasteiger partial charge in [-0.25, -0.2) is 0 Å². The number of benzene rings is 1. The Bertz CT molecular complexity index is 551. The quantitative estimate of drug-likeness (QED) is 0.644. The number of carbonyl (C=O) groups is 2. The molecule has 1 heterocycles. The van der Waals surface area contributed by atoms with Crippen molar-refractivity contribution in [2.24, 2.45) is 5.73 Å². The van der Waals surface area contributed by atoms with E-state index in [4.69, 9.17) is 10.5 Å². The van der Waals surface area contributed by atoms with Gasteiger partial charge in [-0.1, -0.05) is 30.3 Å². The third-order valence-electron chi connectivity index (χ3n) is 4.42. The van der Waals surface area contributed by atoms with E-state index in [9.17, 15) is 9.59 Å². The summed E-state index contributed by atoms with van der Waals surface area (Å²) in [6, 6.07) is 9.83. The number of nitrogens with zero attached hydrogens (tertiary/aromatic N) is 2. The Kier molecular flexibility index (Phi) is 13.0. The number of carbonyl (C=O) groups excluding carboxylic acids is 2. The molecule has 0 aliphatic carbocycles. The number of ether oxygens (including phenoxy) is 1. The van der Waals surface area contributed by atoms with E-state index < -0.39 is 0 Å². The lowest BCUT2D eigenvalue weighted by atomic mass is 10.2. The van der Waals surface area contributed by atoms with Gasteiger partial charge >= 0.3 is 0 Å². The van der Waals surface area contributed by atoms with Crippen LogP contribution in [-0.2, 0) is 20.9 Å². The standard InChI is InChI=1S/C18H28N4O3.2ClH/c1-25-16(12-19)11-18(24)22-9-7-21(8-10-22)14-17(23)20-13-15-5-3-2-4-6-15;;/h2-6,16H,7-14,19H2,1H3,(H,20,23);2*1H. The number of rotatable bonds is 8. The molecule has 154 valence electrons. The Morgan fingerprint density at radius 2 is 1.78 bits per heavy atom. The van der Waals surface area contributed by atoms with E-state index in [-0.39, 0.29) is 42.7 Å². The lowest BCUT2D eigenvalue weighted by molar-refractivity contribution is -0.135. The summed E-state index contributed by atoms with van der Waals surface area (Å²) in [5.41, 5.74) is 6.64. The molecular weight excluding hydrogens is 391 g/mol. The van der Waals surface area contributed by atoms with Crippen LogP contribution in [0.25, 0.3) is 0 Å². The van der Waals surface area contributed by atoms with Crippen molar-refractivity contribution in [1.82, 2.24) is 15.1 Å². The molecule has 0 aromatic heterocycles. The second-order valence-electron chi connectivity index (χ2n) is 6.22. The maximum Gasteiger partial charge on any atom is 0.234 e. The molecule has 2 amide bonds. The number of hydrogen-bond acceptors (Lipinski definition) is 5. The van der Waals surface area contributed by atoms with Crippen LogP contribution >= 0.6 is 24.8 Å². The van der Waals surface area contributed by atoms with Gasteiger partial charge in [-0.05, 0) is 5.56 Å². The number of hydrogen-bond donors (Lipinski definition) is 2. The fourth-order valence-corrected chi connectivity index (χ4v) is 2.80. The van der Waals surface area contributed by atoms with Gasteiger partial charge in [0.25, 0.3) is 0 Å². The van der Waals surface area contributed by atoms with Gasteiger partial charge in [-0.3, -0.25) is 14.5 Å². The van der Waals surface area contributed by atoms with Crippen LogP contribution in [0.2, 0.25) is 0 Å². The van der Waals surface area contributed by atoms with Crippen LogP contribution in [0.4, 0.5) is 0 Å². The van der Waals surface area contributed by atoms with E-state index in [1.54, 1.807) is 7.11 Å². The van der Waals surface area contributed by atoms with Crippen LogP contribution < -0.4 is 11.1 Å². The van der Waals surface area contributed by atoms with Crippen LogP contribution in [0.3, 0.4) is 0 Å². The molecule has 3 N–H and O–H groups in total. The van der Waals surface area contributed by atoms with Gasteiger partial charge in [0.2, 0.25) is 11.8 Å². The Morgan fingerprint density at radius 3 is 2.33 bits per heavy atom. The fourth-order valence-electron chi connectivity index (χ4n) is 2.80. The molecule has 1 unspecified atom stereocenters. The highest BCUT2D eigenvalue weighted by Crippen LogP contribution is 2.06. The van der Waals surface area contributed by atoms with Gasteiger partial charge in [0, 0.05) is 46.4 Å². The van der Waals surface area contributed by atoms with Gasteiger partial charge in [-0.15, -0.1) is 24.8 Å². The average Bonchev–Trinajstić information content (AvgIpc) is 2.65. The molecule has 1 fully saturated rings. The first-order chi connectivity index (χ1) is 12.1. The highest BCUT2D eigenvalue weighted by Gasteiger charge is 2.24. The first-order valence-electron chi connectivity index (χ1n) is 8.66. The zero-order valence-electron chi connectivity index (χ0n) is 15.6. The van der Waals surface area contributed by atoms with Crippen molar-refractivity contribution in [2.75, 3.05) is 46.4 Å². The molecule has 0 spiro atoms. The van der Waals surface area contributed by atoms with E-state index >= 15 is 0 Å². The Labute approximate surface area is 173 Å². The number of amides is 2. The lowest BCUT2D eigenvalue weighted by Gasteiger charge is -2.34.